The zero-order valence-corrected chi connectivity index (χ0v) is 13.1. The number of hydrogen-bond acceptors (Lipinski definition) is 6. The molecular formula is C12H20N4O4S. The number of rotatable bonds is 7. The summed E-state index contributed by atoms with van der Waals surface area (Å²) in [4.78, 5) is 10.1. The number of nitrogens with two attached hydrogens (primary N) is 1. The molecule has 0 amide bonds. The van der Waals surface area contributed by atoms with Gasteiger partial charge in [0.25, 0.3) is 5.69 Å². The zero-order valence-electron chi connectivity index (χ0n) is 12.2. The van der Waals surface area contributed by atoms with E-state index in [2.05, 4.69) is 5.43 Å². The molecule has 0 aromatic heterocycles. The maximum absolute atomic E-state index is 12.7. The van der Waals surface area contributed by atoms with E-state index in [0.717, 1.165) is 12.1 Å². The van der Waals surface area contributed by atoms with Crippen LogP contribution in [0.25, 0.3) is 0 Å². The lowest BCUT2D eigenvalue weighted by Gasteiger charge is -2.26. The van der Waals surface area contributed by atoms with Gasteiger partial charge in [0.15, 0.2) is 0 Å². The Morgan fingerprint density at radius 2 is 2.05 bits per heavy atom. The first-order chi connectivity index (χ1) is 9.75. The maximum atomic E-state index is 12.7. The topological polar surface area (TPSA) is 119 Å². The number of nitro benzene ring substituents is 1. The molecule has 0 aliphatic carbocycles. The van der Waals surface area contributed by atoms with E-state index < -0.39 is 14.9 Å². The van der Waals surface area contributed by atoms with Crippen molar-refractivity contribution in [1.29, 1.82) is 0 Å². The number of hydrogen-bond donors (Lipinski definition) is 2. The smallest absolute Gasteiger partial charge is 0.271 e. The Morgan fingerprint density at radius 3 is 2.48 bits per heavy atom. The van der Waals surface area contributed by atoms with Gasteiger partial charge in [0.05, 0.1) is 10.6 Å². The second kappa shape index (κ2) is 6.83. The molecular weight excluding hydrogens is 296 g/mol. The summed E-state index contributed by atoms with van der Waals surface area (Å²) in [6.45, 7) is 5.78. The van der Waals surface area contributed by atoms with Crippen LogP contribution in [0.5, 0.6) is 0 Å². The summed E-state index contributed by atoms with van der Waals surface area (Å²) in [5.74, 6) is 5.31. The summed E-state index contributed by atoms with van der Waals surface area (Å²) < 4.78 is 26.7. The van der Waals surface area contributed by atoms with Crippen LogP contribution >= 0.6 is 0 Å². The quantitative estimate of drug-likeness (QED) is 0.449. The number of nitrogens with zero attached hydrogens (tertiary/aromatic N) is 2. The second-order valence-electron chi connectivity index (χ2n) is 4.79. The van der Waals surface area contributed by atoms with E-state index in [-0.39, 0.29) is 22.3 Å². The first-order valence-electron chi connectivity index (χ1n) is 6.52. The molecule has 8 nitrogen and oxygen atoms in total. The third kappa shape index (κ3) is 3.69. The van der Waals surface area contributed by atoms with Crippen LogP contribution in [0, 0.1) is 10.1 Å². The summed E-state index contributed by atoms with van der Waals surface area (Å²) >= 11 is 0. The number of hydrazine groups is 1. The Bertz CT molecular complexity index is 616. The van der Waals surface area contributed by atoms with Crippen LogP contribution in [0.1, 0.15) is 27.2 Å². The van der Waals surface area contributed by atoms with E-state index >= 15 is 0 Å². The lowest BCUT2D eigenvalue weighted by atomic mass is 10.3. The Morgan fingerprint density at radius 1 is 1.43 bits per heavy atom. The van der Waals surface area contributed by atoms with Crippen molar-refractivity contribution < 1.29 is 13.3 Å². The van der Waals surface area contributed by atoms with Crippen LogP contribution in [0.3, 0.4) is 0 Å². The van der Waals surface area contributed by atoms with Crippen molar-refractivity contribution >= 4 is 21.4 Å². The largest absolute Gasteiger partial charge is 0.323 e. The molecule has 0 radical (unpaired) electrons. The Hall–Kier alpha value is -1.71. The van der Waals surface area contributed by atoms with Crippen LogP contribution in [0.4, 0.5) is 11.4 Å². The minimum atomic E-state index is -3.78. The van der Waals surface area contributed by atoms with Crippen molar-refractivity contribution in [2.45, 2.75) is 38.1 Å². The summed E-state index contributed by atoms with van der Waals surface area (Å²) in [5, 5.41) is 10.8. The fourth-order valence-electron chi connectivity index (χ4n) is 1.97. The predicted molar refractivity (Wildman–Crippen MR) is 80.2 cm³/mol. The molecule has 1 aromatic rings. The summed E-state index contributed by atoms with van der Waals surface area (Å²) in [5.41, 5.74) is 2.00. The Balaban J connectivity index is 3.39. The van der Waals surface area contributed by atoms with Crippen LogP contribution in [-0.4, -0.2) is 30.2 Å². The standard InChI is InChI=1S/C12H20N4O4S/c1-4-7-15(9(2)3)21(19,20)12-6-5-10(16(17)18)8-11(12)14-13/h5-6,8-9,14H,4,7,13H2,1-3H3. The molecule has 0 saturated carbocycles. The first-order valence-corrected chi connectivity index (χ1v) is 7.96. The van der Waals surface area contributed by atoms with Gasteiger partial charge < -0.3 is 5.43 Å². The fraction of sp³-hybridized carbons (Fsp3) is 0.500. The third-order valence-corrected chi connectivity index (χ3v) is 5.07. The number of benzene rings is 1. The van der Waals surface area contributed by atoms with E-state index in [1.807, 2.05) is 6.92 Å². The number of nitrogen functional groups attached to an aromatic ring is 1. The van der Waals surface area contributed by atoms with E-state index in [0.29, 0.717) is 13.0 Å². The maximum Gasteiger partial charge on any atom is 0.271 e. The van der Waals surface area contributed by atoms with Crippen LogP contribution in [0.2, 0.25) is 0 Å². The molecule has 0 unspecified atom stereocenters. The lowest BCUT2D eigenvalue weighted by molar-refractivity contribution is -0.384. The highest BCUT2D eigenvalue weighted by Gasteiger charge is 2.29. The average molecular weight is 316 g/mol. The molecule has 0 bridgehead atoms. The van der Waals surface area contributed by atoms with Gasteiger partial charge in [-0.1, -0.05) is 6.92 Å². The molecule has 1 rings (SSSR count). The van der Waals surface area contributed by atoms with Crippen molar-refractivity contribution in [1.82, 2.24) is 4.31 Å². The number of sulfonamides is 1. The first kappa shape index (κ1) is 17.3. The van der Waals surface area contributed by atoms with Crippen LogP contribution in [0.15, 0.2) is 23.1 Å². The molecule has 0 spiro atoms. The predicted octanol–water partition coefficient (Wildman–Crippen LogP) is 1.69. The van der Waals surface area contributed by atoms with Gasteiger partial charge in [-0.25, -0.2) is 8.42 Å². The van der Waals surface area contributed by atoms with Crippen molar-refractivity contribution in [3.8, 4) is 0 Å². The molecule has 0 saturated heterocycles. The molecule has 1 aromatic carbocycles. The van der Waals surface area contributed by atoms with Crippen molar-refractivity contribution in [3.63, 3.8) is 0 Å². The number of non-ortho nitro benzene ring substituents is 1. The second-order valence-corrected chi connectivity index (χ2v) is 6.65. The molecule has 0 heterocycles. The van der Waals surface area contributed by atoms with Crippen molar-refractivity contribution in [2.24, 2.45) is 5.84 Å². The van der Waals surface area contributed by atoms with Crippen LogP contribution < -0.4 is 11.3 Å². The highest BCUT2D eigenvalue weighted by Crippen LogP contribution is 2.29. The summed E-state index contributed by atoms with van der Waals surface area (Å²) in [6, 6.07) is 3.24. The van der Waals surface area contributed by atoms with Gasteiger partial charge in [0.1, 0.15) is 4.90 Å². The van der Waals surface area contributed by atoms with Gasteiger partial charge in [-0.15, -0.1) is 0 Å². The minimum absolute atomic E-state index is 0.00551. The van der Waals surface area contributed by atoms with Crippen molar-refractivity contribution in [3.05, 3.63) is 28.3 Å². The Labute approximate surface area is 124 Å². The van der Waals surface area contributed by atoms with E-state index in [1.165, 1.54) is 10.4 Å². The molecule has 118 valence electrons. The van der Waals surface area contributed by atoms with E-state index in [1.54, 1.807) is 13.8 Å². The summed E-state index contributed by atoms with van der Waals surface area (Å²) in [6.07, 6.45) is 0.662. The third-order valence-electron chi connectivity index (χ3n) is 2.94. The van der Waals surface area contributed by atoms with E-state index in [4.69, 9.17) is 5.84 Å². The van der Waals surface area contributed by atoms with E-state index in [9.17, 15) is 18.5 Å². The SMILES string of the molecule is CCCN(C(C)C)S(=O)(=O)c1ccc([N+](=O)[O-])cc1NN. The van der Waals surface area contributed by atoms with Gasteiger partial charge >= 0.3 is 0 Å². The highest BCUT2D eigenvalue weighted by molar-refractivity contribution is 7.89. The monoisotopic (exact) mass is 316 g/mol. The summed E-state index contributed by atoms with van der Waals surface area (Å²) in [7, 11) is -3.78. The van der Waals surface area contributed by atoms with Gasteiger partial charge in [0, 0.05) is 24.7 Å². The number of nitrogens with one attached hydrogen (secondary N) is 1. The average Bonchev–Trinajstić information content (AvgIpc) is 2.43. The molecule has 9 heteroatoms. The van der Waals surface area contributed by atoms with Gasteiger partial charge in [-0.3, -0.25) is 16.0 Å². The molecule has 0 aliphatic rings. The van der Waals surface area contributed by atoms with Gasteiger partial charge in [-0.05, 0) is 26.3 Å². The molecule has 21 heavy (non-hydrogen) atoms. The molecule has 3 N–H and O–H groups in total. The molecule has 0 aliphatic heterocycles. The minimum Gasteiger partial charge on any atom is -0.323 e. The Kier molecular flexibility index (Phi) is 5.64. The van der Waals surface area contributed by atoms with Gasteiger partial charge in [0.2, 0.25) is 10.0 Å². The number of anilines is 1. The van der Waals surface area contributed by atoms with Crippen molar-refractivity contribution in [2.75, 3.05) is 12.0 Å². The van der Waals surface area contributed by atoms with Crippen LogP contribution in [-0.2, 0) is 10.0 Å². The normalized spacial score (nSPS) is 11.9. The lowest BCUT2D eigenvalue weighted by Crippen LogP contribution is -2.38. The fourth-order valence-corrected chi connectivity index (χ4v) is 3.84. The number of nitro groups is 1. The molecule has 0 atom stereocenters. The van der Waals surface area contributed by atoms with Gasteiger partial charge in [-0.2, -0.15) is 4.31 Å². The highest BCUT2D eigenvalue weighted by atomic mass is 32.2. The zero-order chi connectivity index (χ0) is 16.2. The molecule has 0 fully saturated rings.